The van der Waals surface area contributed by atoms with Gasteiger partial charge in [-0.3, -0.25) is 4.79 Å². The zero-order valence-electron chi connectivity index (χ0n) is 19.8. The number of nitrogens with zero attached hydrogens (tertiary/aromatic N) is 4. The van der Waals surface area contributed by atoms with E-state index in [4.69, 9.17) is 19.3 Å². The highest BCUT2D eigenvalue weighted by Gasteiger charge is 2.31. The fourth-order valence-corrected chi connectivity index (χ4v) is 4.12. The van der Waals surface area contributed by atoms with Crippen molar-refractivity contribution in [2.75, 3.05) is 39.9 Å². The van der Waals surface area contributed by atoms with Crippen molar-refractivity contribution >= 4 is 12.0 Å². The van der Waals surface area contributed by atoms with Gasteiger partial charge in [-0.05, 0) is 51.5 Å². The number of carbonyl (C=O) groups is 2. The van der Waals surface area contributed by atoms with Crippen LogP contribution in [0.3, 0.4) is 0 Å². The molecule has 0 atom stereocenters. The summed E-state index contributed by atoms with van der Waals surface area (Å²) in [4.78, 5) is 29.4. The van der Waals surface area contributed by atoms with Crippen LogP contribution in [0.1, 0.15) is 48.9 Å². The maximum absolute atomic E-state index is 13.5. The smallest absolute Gasteiger partial charge is 0.410 e. The molecule has 0 aliphatic carbocycles. The molecule has 3 heterocycles. The summed E-state index contributed by atoms with van der Waals surface area (Å²) in [7, 11) is 1.63. The van der Waals surface area contributed by atoms with Crippen molar-refractivity contribution < 1.29 is 23.8 Å². The Morgan fingerprint density at radius 3 is 2.42 bits per heavy atom. The highest BCUT2D eigenvalue weighted by atomic mass is 16.6. The van der Waals surface area contributed by atoms with Gasteiger partial charge >= 0.3 is 6.09 Å². The molecule has 9 nitrogen and oxygen atoms in total. The van der Waals surface area contributed by atoms with Crippen molar-refractivity contribution in [3.8, 4) is 11.4 Å². The molecule has 2 aromatic rings. The van der Waals surface area contributed by atoms with Gasteiger partial charge in [0, 0.05) is 38.2 Å². The first-order valence-corrected chi connectivity index (χ1v) is 11.4. The van der Waals surface area contributed by atoms with Crippen LogP contribution in [0.2, 0.25) is 0 Å². The molecule has 178 valence electrons. The van der Waals surface area contributed by atoms with Crippen LogP contribution in [0.25, 0.3) is 5.69 Å². The molecule has 0 spiro atoms. The van der Waals surface area contributed by atoms with Gasteiger partial charge in [-0.2, -0.15) is 5.10 Å². The molecule has 1 aromatic carbocycles. The first-order valence-electron chi connectivity index (χ1n) is 11.4. The van der Waals surface area contributed by atoms with Gasteiger partial charge in [-0.25, -0.2) is 9.48 Å². The number of methoxy groups -OCH3 is 1. The number of amides is 2. The Kier molecular flexibility index (Phi) is 6.60. The van der Waals surface area contributed by atoms with E-state index in [1.54, 1.807) is 16.9 Å². The lowest BCUT2D eigenvalue weighted by atomic mass is 10.1. The minimum absolute atomic E-state index is 0.130. The summed E-state index contributed by atoms with van der Waals surface area (Å²) >= 11 is 0. The van der Waals surface area contributed by atoms with Crippen LogP contribution in [-0.2, 0) is 22.5 Å². The van der Waals surface area contributed by atoms with Crippen molar-refractivity contribution in [1.82, 2.24) is 19.6 Å². The number of ether oxygens (including phenoxy) is 3. The summed E-state index contributed by atoms with van der Waals surface area (Å²) in [5.41, 5.74) is 2.59. The SMILES string of the molecule is COc1ccc(-n2nc(C(=O)N3CCCN(C(=O)OC(C)(C)C)CC3)c3c2CCOC3)cc1. The predicted octanol–water partition coefficient (Wildman–Crippen LogP) is 3.04. The topological polar surface area (TPSA) is 86.1 Å². The van der Waals surface area contributed by atoms with Crippen LogP contribution in [-0.4, -0.2) is 77.1 Å². The highest BCUT2D eigenvalue weighted by Crippen LogP contribution is 2.26. The molecule has 33 heavy (non-hydrogen) atoms. The quantitative estimate of drug-likeness (QED) is 0.706. The fourth-order valence-electron chi connectivity index (χ4n) is 4.12. The van der Waals surface area contributed by atoms with Crippen molar-refractivity contribution in [2.24, 2.45) is 0 Å². The summed E-state index contributed by atoms with van der Waals surface area (Å²) < 4.78 is 18.3. The number of carbonyl (C=O) groups excluding carboxylic acids is 2. The number of hydrogen-bond acceptors (Lipinski definition) is 6. The number of fused-ring (bicyclic) bond motifs is 1. The second-order valence-electron chi connectivity index (χ2n) is 9.30. The van der Waals surface area contributed by atoms with Crippen LogP contribution < -0.4 is 4.74 Å². The van der Waals surface area contributed by atoms with E-state index in [0.717, 1.165) is 22.7 Å². The lowest BCUT2D eigenvalue weighted by Crippen LogP contribution is -2.40. The van der Waals surface area contributed by atoms with Gasteiger partial charge in [-0.15, -0.1) is 0 Å². The molecule has 9 heteroatoms. The zero-order chi connectivity index (χ0) is 23.6. The van der Waals surface area contributed by atoms with Gasteiger partial charge in [0.05, 0.1) is 31.7 Å². The van der Waals surface area contributed by atoms with Crippen LogP contribution in [0.15, 0.2) is 24.3 Å². The first-order chi connectivity index (χ1) is 15.8. The lowest BCUT2D eigenvalue weighted by molar-refractivity contribution is 0.0255. The number of aromatic nitrogens is 2. The maximum Gasteiger partial charge on any atom is 0.410 e. The first kappa shape index (κ1) is 23.1. The fraction of sp³-hybridized carbons (Fsp3) is 0.542. The summed E-state index contributed by atoms with van der Waals surface area (Å²) in [6, 6.07) is 7.62. The van der Waals surface area contributed by atoms with Crippen molar-refractivity contribution in [1.29, 1.82) is 0 Å². The van der Waals surface area contributed by atoms with Crippen molar-refractivity contribution in [3.63, 3.8) is 0 Å². The van der Waals surface area contributed by atoms with Gasteiger partial charge in [0.15, 0.2) is 5.69 Å². The molecular formula is C24H32N4O5. The summed E-state index contributed by atoms with van der Waals surface area (Å²) in [5, 5.41) is 4.73. The second-order valence-corrected chi connectivity index (χ2v) is 9.30. The van der Waals surface area contributed by atoms with E-state index in [-0.39, 0.29) is 12.0 Å². The minimum Gasteiger partial charge on any atom is -0.497 e. The Labute approximate surface area is 194 Å². The number of rotatable bonds is 3. The maximum atomic E-state index is 13.5. The molecule has 2 aliphatic rings. The molecule has 4 rings (SSSR count). The van der Waals surface area contributed by atoms with Gasteiger partial charge in [0.2, 0.25) is 0 Å². The van der Waals surface area contributed by atoms with Gasteiger partial charge < -0.3 is 24.0 Å². The van der Waals surface area contributed by atoms with E-state index >= 15 is 0 Å². The van der Waals surface area contributed by atoms with E-state index in [9.17, 15) is 9.59 Å². The third kappa shape index (κ3) is 5.13. The predicted molar refractivity (Wildman–Crippen MR) is 122 cm³/mol. The highest BCUT2D eigenvalue weighted by molar-refractivity contribution is 5.94. The van der Waals surface area contributed by atoms with Gasteiger partial charge in [0.1, 0.15) is 11.4 Å². The Morgan fingerprint density at radius 2 is 1.73 bits per heavy atom. The van der Waals surface area contributed by atoms with Crippen molar-refractivity contribution in [3.05, 3.63) is 41.2 Å². The number of hydrogen-bond donors (Lipinski definition) is 0. The summed E-state index contributed by atoms with van der Waals surface area (Å²) in [5.74, 6) is 0.633. The van der Waals surface area contributed by atoms with Crippen molar-refractivity contribution in [2.45, 2.75) is 45.8 Å². The summed E-state index contributed by atoms with van der Waals surface area (Å²) in [6.45, 7) is 8.49. The van der Waals surface area contributed by atoms with Crippen LogP contribution >= 0.6 is 0 Å². The molecule has 1 saturated heterocycles. The molecule has 2 aliphatic heterocycles. The standard InChI is InChI=1S/C24H32N4O5/c1-24(2,3)33-23(30)27-12-5-11-26(13-14-27)22(29)21-19-16-32-15-10-20(19)28(25-21)17-6-8-18(31-4)9-7-17/h6-9H,5,10-16H2,1-4H3. The molecule has 1 fully saturated rings. The van der Waals surface area contributed by atoms with E-state index < -0.39 is 5.60 Å². The third-order valence-corrected chi connectivity index (χ3v) is 5.77. The zero-order valence-corrected chi connectivity index (χ0v) is 19.8. The molecule has 0 radical (unpaired) electrons. The molecule has 0 unspecified atom stereocenters. The molecule has 1 aromatic heterocycles. The molecule has 2 amide bonds. The van der Waals surface area contributed by atoms with Gasteiger partial charge in [0.25, 0.3) is 5.91 Å². The van der Waals surface area contributed by atoms with E-state index in [2.05, 4.69) is 0 Å². The Balaban J connectivity index is 1.54. The van der Waals surface area contributed by atoms with E-state index in [0.29, 0.717) is 57.9 Å². The van der Waals surface area contributed by atoms with Crippen LogP contribution in [0, 0.1) is 0 Å². The third-order valence-electron chi connectivity index (χ3n) is 5.77. The van der Waals surface area contributed by atoms with Crippen LogP contribution in [0.4, 0.5) is 4.79 Å². The second kappa shape index (κ2) is 9.43. The largest absolute Gasteiger partial charge is 0.497 e. The van der Waals surface area contributed by atoms with E-state index in [1.165, 1.54) is 0 Å². The van der Waals surface area contributed by atoms with Gasteiger partial charge in [-0.1, -0.05) is 0 Å². The Morgan fingerprint density at radius 1 is 1.03 bits per heavy atom. The monoisotopic (exact) mass is 456 g/mol. The molecule has 0 N–H and O–H groups in total. The normalized spacial score (nSPS) is 16.7. The Bertz CT molecular complexity index is 1010. The molecule has 0 bridgehead atoms. The average molecular weight is 457 g/mol. The minimum atomic E-state index is -0.549. The molecular weight excluding hydrogens is 424 g/mol. The lowest BCUT2D eigenvalue weighted by Gasteiger charge is -2.26. The van der Waals surface area contributed by atoms with E-state index in [1.807, 2.05) is 49.7 Å². The number of benzene rings is 1. The summed E-state index contributed by atoms with van der Waals surface area (Å²) in [6.07, 6.45) is 1.03. The average Bonchev–Trinajstić information content (AvgIpc) is 2.99. The Hall–Kier alpha value is -3.07. The molecule has 0 saturated carbocycles. The van der Waals surface area contributed by atoms with Crippen LogP contribution in [0.5, 0.6) is 5.75 Å².